The molecule has 0 saturated carbocycles. The molecule has 0 bridgehead atoms. The summed E-state index contributed by atoms with van der Waals surface area (Å²) in [6.45, 7) is 13.8. The van der Waals surface area contributed by atoms with E-state index in [9.17, 15) is 24.6 Å². The second-order valence-corrected chi connectivity index (χ2v) is 39.7. The topological polar surface area (TPSA) is 309 Å². The Morgan fingerprint density at radius 1 is 0.322 bits per heavy atom. The quantitative estimate of drug-likeness (QED) is 0.00853. The zero-order chi connectivity index (χ0) is 108. The molecule has 0 aliphatic carbocycles. The Hall–Kier alpha value is -13.0. The van der Waals surface area contributed by atoms with Gasteiger partial charge in [-0.25, -0.2) is 4.39 Å². The molecule has 0 atom stereocenters. The number of rotatable bonds is 34. The van der Waals surface area contributed by atoms with Crippen LogP contribution in [0.1, 0.15) is 108 Å². The maximum Gasteiger partial charge on any atom is 0.270 e. The number of thioether (sulfide) groups is 5. The minimum Gasteiger partial charge on any atom is -0.496 e. The smallest absolute Gasteiger partial charge is 0.270 e. The van der Waals surface area contributed by atoms with Crippen LogP contribution >= 0.6 is 167 Å². The summed E-state index contributed by atoms with van der Waals surface area (Å²) < 4.78 is 55.9. The molecule has 0 fully saturated rings. The number of methoxy groups -OCH3 is 1. The van der Waals surface area contributed by atoms with Crippen LogP contribution < -0.4 is 71.0 Å². The van der Waals surface area contributed by atoms with Gasteiger partial charge in [0.2, 0.25) is 0 Å². The molecule has 13 rings (SSSR count). The van der Waals surface area contributed by atoms with Gasteiger partial charge in [-0.2, -0.15) is 30.6 Å². The van der Waals surface area contributed by atoms with Crippen LogP contribution in [0.4, 0.5) is 21.5 Å². The van der Waals surface area contributed by atoms with Crippen LogP contribution in [0.25, 0.3) is 0 Å². The van der Waals surface area contributed by atoms with Crippen LogP contribution in [0, 0.1) is 26.0 Å². The van der Waals surface area contributed by atoms with Crippen molar-refractivity contribution in [3.05, 3.63) is 423 Å². The van der Waals surface area contributed by atoms with E-state index in [4.69, 9.17) is 141 Å². The van der Waals surface area contributed by atoms with Gasteiger partial charge in [0.25, 0.3) is 11.4 Å². The maximum atomic E-state index is 13.1. The zero-order valence-electron chi connectivity index (χ0n) is 82.8. The molecule has 0 heterocycles. The summed E-state index contributed by atoms with van der Waals surface area (Å²) in [5.41, 5.74) is 34.0. The number of hydrazone groups is 6. The average molecular weight is 2270 g/mol. The molecular weight excluding hydrogens is 2160 g/mol. The van der Waals surface area contributed by atoms with Gasteiger partial charge in [0.15, 0.2) is 26.7 Å². The summed E-state index contributed by atoms with van der Waals surface area (Å²) in [7, 11) is 1.51. The molecule has 7 N–H and O–H groups in total. The normalized spacial score (nSPS) is 11.1. The summed E-state index contributed by atoms with van der Waals surface area (Å²) >= 11 is 55.8. The van der Waals surface area contributed by atoms with Gasteiger partial charge in [-0.05, 0) is 346 Å². The Bertz CT molecular complexity index is 6650. The lowest BCUT2D eigenvalue weighted by molar-refractivity contribution is -0.385. The summed E-state index contributed by atoms with van der Waals surface area (Å²) in [4.78, 5) is 20.7. The van der Waals surface area contributed by atoms with Gasteiger partial charge in [-0.15, -0.1) is 0 Å². The maximum absolute atomic E-state index is 13.1. The first-order valence-electron chi connectivity index (χ1n) is 44.8. The first-order chi connectivity index (χ1) is 71.8. The highest BCUT2D eigenvalue weighted by atomic mass is 35.5. The molecule has 149 heavy (non-hydrogen) atoms. The number of hydrogen-bond donors (Lipinski definition) is 7. The third-order valence-corrected chi connectivity index (χ3v) is 26.7. The Labute approximate surface area is 935 Å². The number of nitro benzene ring substituents is 2. The number of thiocarbonyl (C=S) groups is 6. The fourth-order valence-electron chi connectivity index (χ4n) is 12.0. The SMILES string of the molecule is C/C(=N\NC(=S)Nc1cccc(Cl)c1Cl)c1ccc(OCc2ccccc2)cc1.COc1ccc([N+](=O)[O-])cc1COc1ccc(/C(C)=N/NC(=S)SC)cc1.CSC(=S)N/N=C(\C)c1ccc(OCc2ccc([N+](=O)[O-])cc2)cc1.CSC(=S)N/N=C(\C)c1ccc(OCc2cccc(Cl)c2)cc1.CSC(=S)N/N=C(\C)c1ccc(OCc2cccc(F)c2)cc1.CSC(=S)N/N=C(\C)c1ccc(OCc2ccccc2)cc1. The molecule has 774 valence electrons. The van der Waals surface area contributed by atoms with Crippen LogP contribution in [-0.2, 0) is 39.6 Å². The van der Waals surface area contributed by atoms with Gasteiger partial charge in [0.05, 0.1) is 67.0 Å². The van der Waals surface area contributed by atoms with E-state index in [1.165, 1.54) is 102 Å². The van der Waals surface area contributed by atoms with Crippen molar-refractivity contribution >= 4 is 245 Å². The van der Waals surface area contributed by atoms with Gasteiger partial charge in [-0.1, -0.05) is 246 Å². The van der Waals surface area contributed by atoms with Crippen molar-refractivity contribution in [3.63, 3.8) is 0 Å². The lowest BCUT2D eigenvalue weighted by Crippen LogP contribution is -2.25. The highest BCUT2D eigenvalue weighted by molar-refractivity contribution is 8.23. The van der Waals surface area contributed by atoms with Gasteiger partial charge in [0.1, 0.15) is 85.7 Å². The highest BCUT2D eigenvalue weighted by Gasteiger charge is 2.16. The number of anilines is 1. The van der Waals surface area contributed by atoms with Crippen LogP contribution in [0.3, 0.4) is 0 Å². The third-order valence-electron chi connectivity index (χ3n) is 20.2. The molecule has 0 aliphatic heterocycles. The number of nitrogens with zero attached hydrogens (tertiary/aromatic N) is 8. The molecule has 0 unspecified atom stereocenters. The van der Waals surface area contributed by atoms with E-state index in [1.54, 1.807) is 42.5 Å². The minimum atomic E-state index is -0.448. The number of non-ortho nitro benzene ring substituents is 2. The monoisotopic (exact) mass is 2270 g/mol. The molecule has 0 aliphatic rings. The fraction of sp³-hybridized carbons (Fsp3) is 0.167. The number of hydrogen-bond acceptors (Lipinski definition) is 28. The number of ether oxygens (including phenoxy) is 7. The Kier molecular flexibility index (Phi) is 54.6. The standard InChI is InChI=1S/C22H19Cl2N3OS.C18H19N3O4S2.C17H17ClN2OS2.C17H17FN2OS2.C17H17N3O3S2.C17H18N2OS2/c1-15(26-27-22(29)25-20-9-5-8-19(23)21(20)24)17-10-12-18(13-11-17)28-14-16-6-3-2-4-7-16;1-12(19-20-18(26)27-3)13-4-7-16(8-5-13)25-11-14-10-15(21(22)23)6-9-17(14)24-2;2*1-12(19-20-17(22)23-2)14-6-8-16(9-7-14)21-11-13-4-3-5-15(18)10-13;1-12(18-19-17(24)25-2)14-5-9-16(10-6-14)23-11-13-3-7-15(8-4-13)20(21)22;1-13(18-19-17(21)22-2)15-8-10-16(11-9-15)20-12-14-6-4-3-5-7-14/h2-13H,14H2,1H3,(H2,25,27,29);4-10H,11H2,1-3H3,(H,20,26);2*3-10H,11H2,1-2H3,(H,20,22);3-10H,11H2,1-2H3,(H,19,24);3-11H,12H2,1-2H3,(H,19,21)/b26-15+;3*19-12+;18-12+;18-13+. The van der Waals surface area contributed by atoms with Crippen molar-refractivity contribution in [2.45, 2.75) is 81.2 Å². The van der Waals surface area contributed by atoms with Crippen LogP contribution in [0.2, 0.25) is 15.1 Å². The van der Waals surface area contributed by atoms with Gasteiger partial charge in [-0.3, -0.25) is 52.8 Å². The summed E-state index contributed by atoms with van der Waals surface area (Å²) in [5.74, 6) is 4.78. The first kappa shape index (κ1) is 121. The van der Waals surface area contributed by atoms with Crippen molar-refractivity contribution in [1.82, 2.24) is 32.6 Å². The van der Waals surface area contributed by atoms with E-state index < -0.39 is 9.85 Å². The minimum absolute atomic E-state index is 0.00718. The predicted octanol–water partition coefficient (Wildman–Crippen LogP) is 28.0. The average Bonchev–Trinajstić information content (AvgIpc) is 0.843. The molecule has 0 spiro atoms. The van der Waals surface area contributed by atoms with Crippen molar-refractivity contribution in [2.75, 3.05) is 43.7 Å². The largest absolute Gasteiger partial charge is 0.496 e. The van der Waals surface area contributed by atoms with Crippen molar-refractivity contribution in [3.8, 4) is 40.2 Å². The van der Waals surface area contributed by atoms with Crippen LogP contribution in [-0.4, -0.2) is 109 Å². The van der Waals surface area contributed by atoms with E-state index in [-0.39, 0.29) is 23.8 Å². The third kappa shape index (κ3) is 45.9. The molecule has 13 aromatic carbocycles. The zero-order valence-corrected chi connectivity index (χ0v) is 94.1. The summed E-state index contributed by atoms with van der Waals surface area (Å²) in [5, 5.41) is 51.9. The lowest BCUT2D eigenvalue weighted by Gasteiger charge is -2.11. The second-order valence-electron chi connectivity index (χ2n) is 30.7. The van der Waals surface area contributed by atoms with Crippen molar-refractivity contribution in [2.24, 2.45) is 30.6 Å². The predicted molar refractivity (Wildman–Crippen MR) is 643 cm³/mol. The van der Waals surface area contributed by atoms with E-state index in [1.807, 2.05) is 309 Å². The fourth-order valence-corrected chi connectivity index (χ4v) is 13.6. The number of halogens is 4. The molecular formula is C108H107Cl3FN15O11S11. The van der Waals surface area contributed by atoms with Crippen molar-refractivity contribution in [1.29, 1.82) is 0 Å². The molecule has 0 saturated heterocycles. The van der Waals surface area contributed by atoms with Gasteiger partial charge in [0, 0.05) is 34.9 Å². The number of benzene rings is 13. The summed E-state index contributed by atoms with van der Waals surface area (Å²) in [6.07, 6.45) is 9.48. The Balaban J connectivity index is 0.000000218. The lowest BCUT2D eigenvalue weighted by atomic mass is 10.1. The van der Waals surface area contributed by atoms with Crippen LogP contribution in [0.5, 0.6) is 40.2 Å². The first-order valence-corrected chi connectivity index (χ1v) is 54.5. The summed E-state index contributed by atoms with van der Waals surface area (Å²) in [6, 6.07) is 96.0. The Morgan fingerprint density at radius 2 is 0.604 bits per heavy atom. The highest BCUT2D eigenvalue weighted by Crippen LogP contribution is 2.31. The van der Waals surface area contributed by atoms with E-state index in [2.05, 4.69) is 68.5 Å². The second kappa shape index (κ2) is 67.1. The van der Waals surface area contributed by atoms with E-state index in [0.29, 0.717) is 103 Å². The number of nitro groups is 2. The molecule has 13 aromatic rings. The number of nitrogens with one attached hydrogen (secondary N) is 7. The van der Waals surface area contributed by atoms with E-state index in [0.717, 1.165) is 118 Å². The van der Waals surface area contributed by atoms with Crippen molar-refractivity contribution < 1.29 is 47.4 Å². The molecule has 0 amide bonds. The van der Waals surface area contributed by atoms with Gasteiger partial charge >= 0.3 is 0 Å². The Morgan fingerprint density at radius 3 is 0.913 bits per heavy atom. The van der Waals surface area contributed by atoms with Gasteiger partial charge < -0.3 is 38.5 Å². The molecule has 0 radical (unpaired) electrons. The molecule has 0 aromatic heterocycles. The molecule has 41 heteroatoms. The van der Waals surface area contributed by atoms with Crippen LogP contribution in [0.15, 0.2) is 346 Å². The molecule has 26 nitrogen and oxygen atoms in total. The van der Waals surface area contributed by atoms with E-state index >= 15 is 0 Å².